The number of nitrogens with zero attached hydrogens (tertiary/aromatic N) is 3. The average molecular weight is 333 g/mol. The van der Waals surface area contributed by atoms with E-state index in [-0.39, 0.29) is 0 Å². The molecule has 0 amide bonds. The third-order valence-electron chi connectivity index (χ3n) is 6.59. The molecule has 130 valence electrons. The Hall–Kier alpha value is -1.87. The number of anilines is 1. The van der Waals surface area contributed by atoms with Crippen LogP contribution in [0.3, 0.4) is 0 Å². The summed E-state index contributed by atoms with van der Waals surface area (Å²) in [6.07, 6.45) is 8.41. The van der Waals surface area contributed by atoms with E-state index in [2.05, 4.69) is 57.2 Å². The summed E-state index contributed by atoms with van der Waals surface area (Å²) in [5, 5.41) is 0. The Balaban J connectivity index is 1.23. The number of fused-ring (bicyclic) bond motifs is 3. The van der Waals surface area contributed by atoms with Gasteiger partial charge in [0.25, 0.3) is 0 Å². The van der Waals surface area contributed by atoms with Crippen LogP contribution in [0.2, 0.25) is 0 Å². The molecule has 0 spiro atoms. The molecule has 3 atom stereocenters. The van der Waals surface area contributed by atoms with Gasteiger partial charge in [-0.05, 0) is 62.4 Å². The number of hydrogen-bond donors (Lipinski definition) is 0. The lowest BCUT2D eigenvalue weighted by molar-refractivity contribution is 0.170. The van der Waals surface area contributed by atoms with Crippen LogP contribution in [-0.4, -0.2) is 41.6 Å². The highest BCUT2D eigenvalue weighted by atomic mass is 15.3. The van der Waals surface area contributed by atoms with Crippen molar-refractivity contribution in [3.8, 4) is 0 Å². The number of pyridine rings is 1. The maximum absolute atomic E-state index is 4.68. The van der Waals surface area contributed by atoms with E-state index in [1.807, 2.05) is 6.20 Å². The van der Waals surface area contributed by atoms with Gasteiger partial charge in [-0.2, -0.15) is 0 Å². The summed E-state index contributed by atoms with van der Waals surface area (Å²) in [7, 11) is 0. The number of benzene rings is 1. The van der Waals surface area contributed by atoms with E-state index < -0.39 is 0 Å². The van der Waals surface area contributed by atoms with Crippen LogP contribution >= 0.6 is 0 Å². The highest BCUT2D eigenvalue weighted by Gasteiger charge is 2.39. The number of likely N-dealkylation sites (tertiary alicyclic amines) is 1. The van der Waals surface area contributed by atoms with Gasteiger partial charge < -0.3 is 4.90 Å². The van der Waals surface area contributed by atoms with Crippen LogP contribution < -0.4 is 4.90 Å². The molecule has 1 unspecified atom stereocenters. The number of piperidine rings is 1. The monoisotopic (exact) mass is 333 g/mol. The normalized spacial score (nSPS) is 28.3. The molecule has 5 rings (SSSR count). The molecule has 2 bridgehead atoms. The number of para-hydroxylation sites is 1. The first-order valence-electron chi connectivity index (χ1n) is 9.88. The number of aryl methyl sites for hydroxylation is 1. The van der Waals surface area contributed by atoms with Gasteiger partial charge in [-0.1, -0.05) is 24.3 Å². The standard InChI is InChI=1S/C22H27N3/c1-2-6-19(7-3-1)25-16-21-15-20(25)11-14-24(21)13-10-18-9-8-17-5-4-12-23-22(17)18/h1-7,12,18,20-21H,8-11,13-16H2/t18?,20-,21+/m1/s1. The summed E-state index contributed by atoms with van der Waals surface area (Å²) in [6, 6.07) is 16.8. The molecular weight excluding hydrogens is 306 g/mol. The molecule has 0 N–H and O–H groups in total. The zero-order valence-corrected chi connectivity index (χ0v) is 14.8. The molecule has 0 radical (unpaired) electrons. The molecule has 1 aliphatic carbocycles. The molecule has 1 aromatic heterocycles. The molecule has 3 heterocycles. The Morgan fingerprint density at radius 1 is 1.00 bits per heavy atom. The van der Waals surface area contributed by atoms with Crippen molar-refractivity contribution >= 4 is 5.69 Å². The summed E-state index contributed by atoms with van der Waals surface area (Å²) in [6.45, 7) is 3.70. The van der Waals surface area contributed by atoms with Crippen LogP contribution in [0.4, 0.5) is 5.69 Å². The first kappa shape index (κ1) is 15.4. The highest BCUT2D eigenvalue weighted by Crippen LogP contribution is 2.37. The van der Waals surface area contributed by atoms with E-state index in [4.69, 9.17) is 0 Å². The van der Waals surface area contributed by atoms with Crippen molar-refractivity contribution in [2.75, 3.05) is 24.5 Å². The van der Waals surface area contributed by atoms with Gasteiger partial charge in [-0.25, -0.2) is 0 Å². The van der Waals surface area contributed by atoms with Crippen molar-refractivity contribution < 1.29 is 0 Å². The second-order valence-corrected chi connectivity index (χ2v) is 7.93. The Labute approximate surface area is 150 Å². The van der Waals surface area contributed by atoms with Crippen molar-refractivity contribution in [1.82, 2.24) is 9.88 Å². The van der Waals surface area contributed by atoms with Gasteiger partial charge >= 0.3 is 0 Å². The van der Waals surface area contributed by atoms with E-state index in [1.54, 1.807) is 0 Å². The summed E-state index contributed by atoms with van der Waals surface area (Å²) >= 11 is 0. The molecular formula is C22H27N3. The third-order valence-corrected chi connectivity index (χ3v) is 6.59. The maximum Gasteiger partial charge on any atom is 0.0467 e. The topological polar surface area (TPSA) is 19.4 Å². The molecule has 2 saturated heterocycles. The lowest BCUT2D eigenvalue weighted by Gasteiger charge is -2.33. The zero-order valence-electron chi connectivity index (χ0n) is 14.8. The predicted octanol–water partition coefficient (Wildman–Crippen LogP) is 3.85. The zero-order chi connectivity index (χ0) is 16.6. The number of hydrogen-bond acceptors (Lipinski definition) is 3. The predicted molar refractivity (Wildman–Crippen MR) is 102 cm³/mol. The van der Waals surface area contributed by atoms with Crippen LogP contribution in [0, 0.1) is 0 Å². The number of rotatable bonds is 4. The van der Waals surface area contributed by atoms with E-state index in [0.717, 1.165) is 12.1 Å². The maximum atomic E-state index is 4.68. The van der Waals surface area contributed by atoms with Crippen molar-refractivity contribution in [1.29, 1.82) is 0 Å². The fraction of sp³-hybridized carbons (Fsp3) is 0.500. The van der Waals surface area contributed by atoms with Crippen LogP contribution in [-0.2, 0) is 6.42 Å². The second-order valence-electron chi connectivity index (χ2n) is 7.93. The fourth-order valence-electron chi connectivity index (χ4n) is 5.26. The molecule has 25 heavy (non-hydrogen) atoms. The molecule has 3 heteroatoms. The van der Waals surface area contributed by atoms with Crippen molar-refractivity contribution in [3.63, 3.8) is 0 Å². The Kier molecular flexibility index (Phi) is 3.97. The fourth-order valence-corrected chi connectivity index (χ4v) is 5.26. The lowest BCUT2D eigenvalue weighted by atomic mass is 9.98. The van der Waals surface area contributed by atoms with Gasteiger partial charge in [0.2, 0.25) is 0 Å². The van der Waals surface area contributed by atoms with Gasteiger partial charge in [-0.3, -0.25) is 9.88 Å². The number of aromatic nitrogens is 1. The van der Waals surface area contributed by atoms with Crippen LogP contribution in [0.1, 0.15) is 42.9 Å². The highest BCUT2D eigenvalue weighted by molar-refractivity contribution is 5.49. The molecule has 2 fully saturated rings. The van der Waals surface area contributed by atoms with Gasteiger partial charge in [0, 0.05) is 48.7 Å². The Morgan fingerprint density at radius 3 is 2.84 bits per heavy atom. The van der Waals surface area contributed by atoms with Crippen molar-refractivity contribution in [2.24, 2.45) is 0 Å². The molecule has 2 aliphatic heterocycles. The largest absolute Gasteiger partial charge is 0.367 e. The minimum Gasteiger partial charge on any atom is -0.367 e. The van der Waals surface area contributed by atoms with Gasteiger partial charge in [0.15, 0.2) is 0 Å². The van der Waals surface area contributed by atoms with E-state index in [9.17, 15) is 0 Å². The minimum absolute atomic E-state index is 0.681. The van der Waals surface area contributed by atoms with Gasteiger partial charge in [0.1, 0.15) is 0 Å². The molecule has 0 saturated carbocycles. The summed E-state index contributed by atoms with van der Waals surface area (Å²) < 4.78 is 0. The van der Waals surface area contributed by atoms with Crippen LogP contribution in [0.15, 0.2) is 48.7 Å². The SMILES string of the molecule is c1ccc(N2C[C@@H]3C[C@H]2CCN3CCC2CCc3cccnc32)cc1. The third kappa shape index (κ3) is 2.85. The van der Waals surface area contributed by atoms with Gasteiger partial charge in [0.05, 0.1) is 0 Å². The summed E-state index contributed by atoms with van der Waals surface area (Å²) in [4.78, 5) is 10.1. The first-order valence-corrected chi connectivity index (χ1v) is 9.88. The van der Waals surface area contributed by atoms with Crippen LogP contribution in [0.5, 0.6) is 0 Å². The van der Waals surface area contributed by atoms with Crippen molar-refractivity contribution in [3.05, 3.63) is 59.9 Å². The Morgan fingerprint density at radius 2 is 1.92 bits per heavy atom. The van der Waals surface area contributed by atoms with Crippen molar-refractivity contribution in [2.45, 2.75) is 50.1 Å². The van der Waals surface area contributed by atoms with Crippen LogP contribution in [0.25, 0.3) is 0 Å². The lowest BCUT2D eigenvalue weighted by Crippen LogP contribution is -2.41. The average Bonchev–Trinajstić information content (AvgIpc) is 3.24. The first-order chi connectivity index (χ1) is 12.4. The molecule has 2 aromatic rings. The van der Waals surface area contributed by atoms with Gasteiger partial charge in [-0.15, -0.1) is 0 Å². The summed E-state index contributed by atoms with van der Waals surface area (Å²) in [5.41, 5.74) is 4.28. The molecule has 3 nitrogen and oxygen atoms in total. The van der Waals surface area contributed by atoms with E-state index in [0.29, 0.717) is 5.92 Å². The summed E-state index contributed by atoms with van der Waals surface area (Å²) in [5.74, 6) is 0.681. The minimum atomic E-state index is 0.681. The van der Waals surface area contributed by atoms with E-state index >= 15 is 0 Å². The second kappa shape index (κ2) is 6.45. The van der Waals surface area contributed by atoms with E-state index in [1.165, 1.54) is 68.7 Å². The quantitative estimate of drug-likeness (QED) is 0.847. The Bertz CT molecular complexity index is 729. The molecule has 3 aliphatic rings. The molecule has 1 aromatic carbocycles. The smallest absolute Gasteiger partial charge is 0.0467 e.